The molecule has 1 N–H and O–H groups in total. The molecule has 1 atom stereocenters. The second-order valence-electron chi connectivity index (χ2n) is 6.56. The topological polar surface area (TPSA) is 72.3 Å². The number of amides is 1. The van der Waals surface area contributed by atoms with Crippen LogP contribution in [-0.2, 0) is 0 Å². The van der Waals surface area contributed by atoms with Gasteiger partial charge in [0, 0.05) is 19.3 Å². The highest BCUT2D eigenvalue weighted by Crippen LogP contribution is 2.30. The maximum atomic E-state index is 11.3. The summed E-state index contributed by atoms with van der Waals surface area (Å²) in [4.78, 5) is 19.3. The molecule has 7 nitrogen and oxygen atoms in total. The molecule has 0 radical (unpaired) electrons. The Morgan fingerprint density at radius 2 is 2.09 bits per heavy atom. The largest absolute Gasteiger partial charge is 0.465 e. The van der Waals surface area contributed by atoms with Crippen molar-refractivity contribution in [1.82, 2.24) is 19.8 Å². The van der Waals surface area contributed by atoms with Crippen molar-refractivity contribution in [2.45, 2.75) is 32.5 Å². The van der Waals surface area contributed by atoms with Crippen molar-refractivity contribution in [3.63, 3.8) is 0 Å². The average Bonchev–Trinajstić information content (AvgIpc) is 2.86. The lowest BCUT2D eigenvalue weighted by Crippen LogP contribution is -2.60. The summed E-state index contributed by atoms with van der Waals surface area (Å²) < 4.78 is 0. The molecule has 0 saturated carbocycles. The van der Waals surface area contributed by atoms with E-state index in [1.54, 1.807) is 6.20 Å². The van der Waals surface area contributed by atoms with Gasteiger partial charge in [0.15, 0.2) is 5.84 Å². The van der Waals surface area contributed by atoms with E-state index in [0.717, 1.165) is 11.5 Å². The number of aromatic nitrogens is 1. The van der Waals surface area contributed by atoms with Crippen LogP contribution < -0.4 is 0 Å². The molecule has 0 aromatic carbocycles. The van der Waals surface area contributed by atoms with E-state index in [1.807, 2.05) is 23.2 Å². The van der Waals surface area contributed by atoms with E-state index >= 15 is 0 Å². The number of hydrogen-bond acceptors (Lipinski definition) is 5. The van der Waals surface area contributed by atoms with E-state index in [9.17, 15) is 9.90 Å². The first-order valence-electron chi connectivity index (χ1n) is 7.42. The third-order valence-electron chi connectivity index (χ3n) is 3.96. The first-order valence-corrected chi connectivity index (χ1v) is 7.42. The van der Waals surface area contributed by atoms with Gasteiger partial charge in [0.1, 0.15) is 11.9 Å². The van der Waals surface area contributed by atoms with Crippen LogP contribution in [0.4, 0.5) is 4.79 Å². The maximum absolute atomic E-state index is 11.3. The highest BCUT2D eigenvalue weighted by atomic mass is 16.4. The Kier molecular flexibility index (Phi) is 3.42. The van der Waals surface area contributed by atoms with Crippen LogP contribution in [0, 0.1) is 0 Å². The van der Waals surface area contributed by atoms with Crippen molar-refractivity contribution in [3.05, 3.63) is 30.1 Å². The van der Waals surface area contributed by atoms with Crippen LogP contribution in [0.5, 0.6) is 0 Å². The van der Waals surface area contributed by atoms with Gasteiger partial charge in [-0.2, -0.15) is 5.10 Å². The van der Waals surface area contributed by atoms with Crippen LogP contribution >= 0.6 is 0 Å². The zero-order chi connectivity index (χ0) is 15.9. The molecule has 1 aromatic rings. The highest BCUT2D eigenvalue weighted by molar-refractivity contribution is 5.98. The minimum absolute atomic E-state index is 0.0816. The number of amidine groups is 1. The molecule has 7 heteroatoms. The van der Waals surface area contributed by atoms with Crippen molar-refractivity contribution in [1.29, 1.82) is 0 Å². The third-order valence-corrected chi connectivity index (χ3v) is 3.96. The standard InChI is InChI=1S/C15H21N5O2/c1-15(2,3)20-12-10-18(14(21)22)8-9-19(12)13(17-20)11-6-4-5-7-16-11/h4-7,12H,8-10H2,1-3H3,(H,21,22). The summed E-state index contributed by atoms with van der Waals surface area (Å²) in [6.45, 7) is 7.77. The van der Waals surface area contributed by atoms with Gasteiger partial charge in [0.05, 0.1) is 12.1 Å². The van der Waals surface area contributed by atoms with E-state index in [-0.39, 0.29) is 11.7 Å². The van der Waals surface area contributed by atoms with Crippen LogP contribution in [0.25, 0.3) is 0 Å². The lowest BCUT2D eigenvalue weighted by Gasteiger charge is -2.43. The zero-order valence-corrected chi connectivity index (χ0v) is 13.1. The number of nitrogens with zero attached hydrogens (tertiary/aromatic N) is 5. The van der Waals surface area contributed by atoms with Crippen LogP contribution in [0.2, 0.25) is 0 Å². The average molecular weight is 303 g/mol. The van der Waals surface area contributed by atoms with Gasteiger partial charge in [-0.15, -0.1) is 0 Å². The fourth-order valence-corrected chi connectivity index (χ4v) is 2.91. The van der Waals surface area contributed by atoms with Crippen molar-refractivity contribution < 1.29 is 9.90 Å². The monoisotopic (exact) mass is 303 g/mol. The third kappa shape index (κ3) is 2.47. The molecule has 1 fully saturated rings. The van der Waals surface area contributed by atoms with Crippen molar-refractivity contribution in [2.24, 2.45) is 5.10 Å². The minimum atomic E-state index is -0.875. The summed E-state index contributed by atoms with van der Waals surface area (Å²) in [6.07, 6.45) is 0.793. The number of fused-ring (bicyclic) bond motifs is 1. The first kappa shape index (κ1) is 14.6. The molecule has 0 bridgehead atoms. The number of carboxylic acid groups (broad SMARTS) is 1. The van der Waals surface area contributed by atoms with Gasteiger partial charge in [-0.3, -0.25) is 9.99 Å². The molecule has 22 heavy (non-hydrogen) atoms. The Morgan fingerprint density at radius 1 is 1.32 bits per heavy atom. The van der Waals surface area contributed by atoms with Gasteiger partial charge in [-0.1, -0.05) is 6.07 Å². The van der Waals surface area contributed by atoms with Crippen LogP contribution in [0.3, 0.4) is 0 Å². The van der Waals surface area contributed by atoms with Crippen molar-refractivity contribution >= 4 is 11.9 Å². The molecule has 3 rings (SSSR count). The fraction of sp³-hybridized carbons (Fsp3) is 0.533. The lowest BCUT2D eigenvalue weighted by molar-refractivity contribution is -0.00143. The Bertz CT molecular complexity index is 596. The van der Waals surface area contributed by atoms with Crippen LogP contribution in [0.15, 0.2) is 29.5 Å². The van der Waals surface area contributed by atoms with Crippen LogP contribution in [0.1, 0.15) is 26.5 Å². The first-order chi connectivity index (χ1) is 10.4. The van der Waals surface area contributed by atoms with Gasteiger partial charge in [0.25, 0.3) is 0 Å². The second kappa shape index (κ2) is 5.15. The van der Waals surface area contributed by atoms with Gasteiger partial charge in [-0.05, 0) is 32.9 Å². The van der Waals surface area contributed by atoms with Crippen LogP contribution in [-0.4, -0.2) is 68.2 Å². The Hall–Kier alpha value is -2.31. The van der Waals surface area contributed by atoms with E-state index < -0.39 is 6.09 Å². The van der Waals surface area contributed by atoms with Crippen molar-refractivity contribution in [3.8, 4) is 0 Å². The fourth-order valence-electron chi connectivity index (χ4n) is 2.91. The van der Waals surface area contributed by atoms with E-state index in [1.165, 1.54) is 4.90 Å². The van der Waals surface area contributed by atoms with Crippen molar-refractivity contribution in [2.75, 3.05) is 19.6 Å². The van der Waals surface area contributed by atoms with E-state index in [4.69, 9.17) is 5.10 Å². The van der Waals surface area contributed by atoms with Gasteiger partial charge >= 0.3 is 6.09 Å². The second-order valence-corrected chi connectivity index (χ2v) is 6.56. The summed E-state index contributed by atoms with van der Waals surface area (Å²) in [5.41, 5.74) is 0.629. The molecule has 2 aliphatic rings. The molecule has 3 heterocycles. The van der Waals surface area contributed by atoms with Gasteiger partial charge in [-0.25, -0.2) is 4.79 Å². The smallest absolute Gasteiger partial charge is 0.407 e. The Morgan fingerprint density at radius 3 is 2.68 bits per heavy atom. The van der Waals surface area contributed by atoms with E-state index in [0.29, 0.717) is 19.6 Å². The summed E-state index contributed by atoms with van der Waals surface area (Å²) in [5.74, 6) is 0.825. The molecule has 0 aliphatic carbocycles. The molecule has 1 unspecified atom stereocenters. The highest BCUT2D eigenvalue weighted by Gasteiger charge is 2.44. The number of rotatable bonds is 1. The summed E-state index contributed by atoms with van der Waals surface area (Å²) >= 11 is 0. The quantitative estimate of drug-likeness (QED) is 0.851. The lowest BCUT2D eigenvalue weighted by atomic mass is 10.1. The molecule has 1 saturated heterocycles. The Balaban J connectivity index is 1.95. The summed E-state index contributed by atoms with van der Waals surface area (Å²) in [5, 5.41) is 16.0. The normalized spacial score (nSPS) is 21.7. The minimum Gasteiger partial charge on any atom is -0.465 e. The predicted molar refractivity (Wildman–Crippen MR) is 82.5 cm³/mol. The molecule has 2 aliphatic heterocycles. The number of hydrogen-bond donors (Lipinski definition) is 1. The molecule has 0 spiro atoms. The van der Waals surface area contributed by atoms with Gasteiger partial charge in [0.2, 0.25) is 0 Å². The number of carbonyl (C=O) groups is 1. The molecular formula is C15H21N5O2. The summed E-state index contributed by atoms with van der Waals surface area (Å²) in [7, 11) is 0. The number of pyridine rings is 1. The predicted octanol–water partition coefficient (Wildman–Crippen LogP) is 1.48. The number of piperazine rings is 1. The molecule has 1 amide bonds. The van der Waals surface area contributed by atoms with Gasteiger partial charge < -0.3 is 14.9 Å². The molecule has 1 aromatic heterocycles. The molecule has 118 valence electrons. The maximum Gasteiger partial charge on any atom is 0.407 e. The zero-order valence-electron chi connectivity index (χ0n) is 13.1. The van der Waals surface area contributed by atoms with E-state index in [2.05, 4.69) is 30.7 Å². The summed E-state index contributed by atoms with van der Waals surface area (Å²) in [6, 6.07) is 5.75. The SMILES string of the molecule is CC(C)(C)N1N=C(c2ccccn2)N2CCN(C(=O)O)CC21. The Labute approximate surface area is 129 Å². The molecular weight excluding hydrogens is 282 g/mol. The number of hydrazone groups is 1.